The molecule has 22 heteroatoms. The third-order valence-corrected chi connectivity index (χ3v) is 3.28. The molecule has 0 heterocycles. The van der Waals surface area contributed by atoms with E-state index in [1.54, 1.807) is 0 Å². The standard InChI is InChI=1S/C10HF18NO3/c11-3(12,1(30)29(28)4(13,14)2(31)32)5(15,16)6(17,18)7(19,20)8(21,22)9(23,24)10(25,26)27/h(H,31,32). The molecule has 1 amide bonds. The van der Waals surface area contributed by atoms with Crippen LogP contribution < -0.4 is 0 Å². The molecule has 190 valence electrons. The Balaban J connectivity index is 6.73. The van der Waals surface area contributed by atoms with Gasteiger partial charge in [-0.1, -0.05) is 9.60 Å². The van der Waals surface area contributed by atoms with Gasteiger partial charge in [0.1, 0.15) is 0 Å². The van der Waals surface area contributed by atoms with Crippen molar-refractivity contribution in [1.29, 1.82) is 0 Å². The molecular weight excluding hydrogens is 524 g/mol. The van der Waals surface area contributed by atoms with Crippen LogP contribution in [-0.4, -0.2) is 69.9 Å². The second kappa shape index (κ2) is 7.35. The van der Waals surface area contributed by atoms with Crippen molar-refractivity contribution >= 4 is 11.9 Å². The Hall–Kier alpha value is -2.32. The summed E-state index contributed by atoms with van der Waals surface area (Å²) in [6.45, 7) is 0. The Bertz CT molecular complexity index is 755. The maximum absolute atomic E-state index is 13.2. The molecule has 0 saturated carbocycles. The van der Waals surface area contributed by atoms with Gasteiger partial charge in [-0.15, -0.1) is 0 Å². The van der Waals surface area contributed by atoms with Crippen molar-refractivity contribution in [2.24, 2.45) is 0 Å². The van der Waals surface area contributed by atoms with E-state index in [0.717, 1.165) is 0 Å². The van der Waals surface area contributed by atoms with Crippen molar-refractivity contribution in [3.05, 3.63) is 0 Å². The first-order valence-electron chi connectivity index (χ1n) is 6.46. The molecule has 0 aromatic rings. The lowest BCUT2D eigenvalue weighted by Gasteiger charge is -2.41. The van der Waals surface area contributed by atoms with Gasteiger partial charge in [0.25, 0.3) is 0 Å². The first kappa shape index (κ1) is 29.7. The Morgan fingerprint density at radius 1 is 0.531 bits per heavy atom. The molecule has 0 aliphatic carbocycles. The second-order valence-electron chi connectivity index (χ2n) is 5.38. The van der Waals surface area contributed by atoms with Crippen molar-refractivity contribution in [1.82, 2.24) is 5.12 Å². The van der Waals surface area contributed by atoms with Gasteiger partial charge in [-0.05, 0) is 0 Å². The highest BCUT2D eigenvalue weighted by Gasteiger charge is 2.94. The van der Waals surface area contributed by atoms with E-state index in [0.29, 0.717) is 0 Å². The zero-order valence-corrected chi connectivity index (χ0v) is 13.5. The molecule has 0 aromatic carbocycles. The van der Waals surface area contributed by atoms with Crippen molar-refractivity contribution in [2.45, 2.75) is 47.8 Å². The van der Waals surface area contributed by atoms with Gasteiger partial charge < -0.3 is 5.11 Å². The summed E-state index contributed by atoms with van der Waals surface area (Å²) in [6, 6.07) is -6.61. The molecule has 1 N–H and O–H groups in total. The lowest BCUT2D eigenvalue weighted by Crippen LogP contribution is -2.74. The molecule has 0 unspecified atom stereocenters. The highest BCUT2D eigenvalue weighted by Crippen LogP contribution is 2.62. The number of amides is 1. The molecule has 0 bridgehead atoms. The first-order valence-corrected chi connectivity index (χ1v) is 6.46. The fraction of sp³-hybridized carbons (Fsp3) is 0.800. The summed E-state index contributed by atoms with van der Waals surface area (Å²) in [4.78, 5) is 20.5. The Labute approximate surface area is 160 Å². The zero-order valence-electron chi connectivity index (χ0n) is 13.5. The smallest absolute Gasteiger partial charge is 0.460 e. The van der Waals surface area contributed by atoms with Crippen molar-refractivity contribution in [3.8, 4) is 0 Å². The van der Waals surface area contributed by atoms with Crippen molar-refractivity contribution in [2.75, 3.05) is 0 Å². The maximum atomic E-state index is 13.2. The Kier molecular flexibility index (Phi) is 6.82. The van der Waals surface area contributed by atoms with E-state index in [-0.39, 0.29) is 0 Å². The van der Waals surface area contributed by atoms with Crippen LogP contribution in [0, 0.1) is 0 Å². The van der Waals surface area contributed by atoms with Crippen LogP contribution >= 0.6 is 0 Å². The van der Waals surface area contributed by atoms with Crippen LogP contribution in [0.4, 0.5) is 79.1 Å². The van der Waals surface area contributed by atoms with Crippen LogP contribution in [-0.2, 0) is 9.59 Å². The van der Waals surface area contributed by atoms with E-state index in [4.69, 9.17) is 5.11 Å². The number of carbonyl (C=O) groups excluding carboxylic acids is 1. The van der Waals surface area contributed by atoms with E-state index in [1.807, 2.05) is 0 Å². The highest BCUT2D eigenvalue weighted by molar-refractivity contribution is 5.88. The third kappa shape index (κ3) is 3.63. The lowest BCUT2D eigenvalue weighted by atomic mass is 9.90. The predicted octanol–water partition coefficient (Wildman–Crippen LogP) is 4.75. The number of hydrogen-bond acceptors (Lipinski definition) is 2. The summed E-state index contributed by atoms with van der Waals surface area (Å²) in [5.74, 6) is -60.5. The molecule has 0 radical (unpaired) electrons. The van der Waals surface area contributed by atoms with Gasteiger partial charge in [-0.25, -0.2) is 4.79 Å². The monoisotopic (exact) mass is 525 g/mol. The minimum absolute atomic E-state index is 3.75. The third-order valence-electron chi connectivity index (χ3n) is 3.28. The van der Waals surface area contributed by atoms with Crippen LogP contribution in [0.2, 0.25) is 0 Å². The predicted molar refractivity (Wildman–Crippen MR) is 56.3 cm³/mol. The molecule has 0 rings (SSSR count). The van der Waals surface area contributed by atoms with Crippen LogP contribution in [0.25, 0.3) is 0 Å². The minimum atomic E-state index is -8.84. The topological polar surface area (TPSA) is 57.6 Å². The number of alkyl halides is 17. The van der Waals surface area contributed by atoms with Gasteiger partial charge in [0.2, 0.25) is 0 Å². The minimum Gasteiger partial charge on any atom is -0.475 e. The zero-order chi connectivity index (χ0) is 26.7. The van der Waals surface area contributed by atoms with E-state index in [1.165, 1.54) is 0 Å². The fourth-order valence-corrected chi connectivity index (χ4v) is 1.44. The first-order chi connectivity index (χ1) is 13.5. The van der Waals surface area contributed by atoms with Crippen LogP contribution in [0.5, 0.6) is 0 Å². The van der Waals surface area contributed by atoms with Crippen LogP contribution in [0.3, 0.4) is 0 Å². The summed E-state index contributed by atoms with van der Waals surface area (Å²) >= 11 is 0. The van der Waals surface area contributed by atoms with Crippen molar-refractivity contribution in [3.63, 3.8) is 0 Å². The molecule has 4 nitrogen and oxygen atoms in total. The van der Waals surface area contributed by atoms with Gasteiger partial charge in [0, 0.05) is 0 Å². The Morgan fingerprint density at radius 2 is 0.812 bits per heavy atom. The van der Waals surface area contributed by atoms with E-state index >= 15 is 0 Å². The number of carboxylic acid groups (broad SMARTS) is 1. The SMILES string of the molecule is O=C(O)C(F)(F)N(F)C(=O)C(F)(F)C(F)(F)C(F)(F)C(F)(F)C(F)(F)C(F)(F)C(F)(F)F. The van der Waals surface area contributed by atoms with Gasteiger partial charge >= 0.3 is 59.6 Å². The molecule has 32 heavy (non-hydrogen) atoms. The normalized spacial score (nSPS) is 15.6. The Morgan fingerprint density at radius 3 is 1.09 bits per heavy atom. The molecule has 0 aliphatic rings. The second-order valence-corrected chi connectivity index (χ2v) is 5.38. The van der Waals surface area contributed by atoms with Gasteiger partial charge in [0.15, 0.2) is 0 Å². The number of hydrogen-bond donors (Lipinski definition) is 1. The van der Waals surface area contributed by atoms with Gasteiger partial charge in [-0.2, -0.15) is 74.6 Å². The van der Waals surface area contributed by atoms with E-state index in [9.17, 15) is 88.7 Å². The van der Waals surface area contributed by atoms with Crippen LogP contribution in [0.15, 0.2) is 0 Å². The number of rotatable bonds is 8. The summed E-state index contributed by atoms with van der Waals surface area (Å²) < 4.78 is 230. The number of carbonyl (C=O) groups is 2. The quantitative estimate of drug-likeness (QED) is 0.283. The summed E-state index contributed by atoms with van der Waals surface area (Å²) in [6.07, 6.45) is -7.90. The largest absolute Gasteiger partial charge is 0.475 e. The lowest BCUT2D eigenvalue weighted by molar-refractivity contribution is -0.450. The molecular formula is C10HF18NO3. The van der Waals surface area contributed by atoms with Crippen molar-refractivity contribution < 1.29 is 93.8 Å². The molecule has 0 atom stereocenters. The summed E-state index contributed by atoms with van der Waals surface area (Å²) in [5.41, 5.74) is 0. The molecule has 0 spiro atoms. The van der Waals surface area contributed by atoms with Crippen LogP contribution in [0.1, 0.15) is 0 Å². The highest BCUT2D eigenvalue weighted by atomic mass is 19.4. The number of aliphatic carboxylic acids is 1. The number of carboxylic acids is 1. The van der Waals surface area contributed by atoms with E-state index in [2.05, 4.69) is 0 Å². The average Bonchev–Trinajstić information content (AvgIpc) is 2.58. The average molecular weight is 525 g/mol. The van der Waals surface area contributed by atoms with Gasteiger partial charge in [0.05, 0.1) is 0 Å². The molecule has 0 aliphatic heterocycles. The molecule has 0 fully saturated rings. The van der Waals surface area contributed by atoms with Gasteiger partial charge in [-0.3, -0.25) is 4.79 Å². The molecule has 0 aromatic heterocycles. The number of nitrogens with zero attached hydrogens (tertiary/aromatic N) is 1. The maximum Gasteiger partial charge on any atom is 0.460 e. The summed E-state index contributed by atoms with van der Waals surface area (Å²) in [5, 5.41) is 3.97. The number of halogens is 18. The van der Waals surface area contributed by atoms with E-state index < -0.39 is 64.8 Å². The fourth-order valence-electron chi connectivity index (χ4n) is 1.44. The summed E-state index contributed by atoms with van der Waals surface area (Å²) in [7, 11) is 0. The molecule has 0 saturated heterocycles.